The molecule has 37 heavy (non-hydrogen) atoms. The zero-order chi connectivity index (χ0) is 26.6. The van der Waals surface area contributed by atoms with Crippen molar-refractivity contribution in [2.45, 2.75) is 13.8 Å². The van der Waals surface area contributed by atoms with Gasteiger partial charge in [-0.25, -0.2) is 4.99 Å². The second-order valence-corrected chi connectivity index (χ2v) is 9.89. The van der Waals surface area contributed by atoms with E-state index in [0.29, 0.717) is 11.4 Å². The number of amidine groups is 2. The lowest BCUT2D eigenvalue weighted by Crippen LogP contribution is -2.16. The van der Waals surface area contributed by atoms with Crippen molar-refractivity contribution in [1.29, 1.82) is 5.41 Å². The summed E-state index contributed by atoms with van der Waals surface area (Å²) in [6.07, 6.45) is 6.30. The van der Waals surface area contributed by atoms with Crippen LogP contribution in [0, 0.1) is 5.41 Å². The number of nitrogens with one attached hydrogen (secondary N) is 1. The third-order valence-electron chi connectivity index (χ3n) is 5.40. The average Bonchev–Trinajstić information content (AvgIpc) is 2.92. The van der Waals surface area contributed by atoms with Gasteiger partial charge in [-0.2, -0.15) is 0 Å². The summed E-state index contributed by atoms with van der Waals surface area (Å²) in [6, 6.07) is 33.9. The minimum atomic E-state index is 0.115. The van der Waals surface area contributed by atoms with E-state index in [1.807, 2.05) is 85.8 Å². The van der Waals surface area contributed by atoms with Gasteiger partial charge in [-0.05, 0) is 60.4 Å². The lowest BCUT2D eigenvalue weighted by Gasteiger charge is -2.07. The van der Waals surface area contributed by atoms with Crippen LogP contribution in [0.15, 0.2) is 135 Å². The second kappa shape index (κ2) is 14.3. The minimum Gasteiger partial charge on any atom is -0.383 e. The van der Waals surface area contributed by atoms with Crippen LogP contribution in [0.1, 0.15) is 30.5 Å². The Kier molecular flexibility index (Phi) is 10.8. The van der Waals surface area contributed by atoms with Gasteiger partial charge in [0.15, 0.2) is 5.84 Å². The number of nitrogens with zero attached hydrogens (tertiary/aromatic N) is 1. The van der Waals surface area contributed by atoms with Crippen LogP contribution in [-0.4, -0.2) is 11.7 Å². The Hall–Kier alpha value is -3.54. The number of halogens is 2. The van der Waals surface area contributed by atoms with Gasteiger partial charge in [-0.15, -0.1) is 0 Å². The standard InChI is InChI=1S/C20H15Br2N3.C12H14/c21-17-10-16(11-18(22)12-17)20(24)25-19(23)15-8-4-7-14(9-15)13-5-2-1-3-6-13;1-3-8-11(4-2)12-9-6-5-7-10-12/h1-12H,(H3,23,24,25);3-10H,1-2H3/b;8-3-,11-4+. The summed E-state index contributed by atoms with van der Waals surface area (Å²) < 4.78 is 1.75. The van der Waals surface area contributed by atoms with Crippen molar-refractivity contribution in [1.82, 2.24) is 0 Å². The van der Waals surface area contributed by atoms with E-state index in [1.54, 1.807) is 0 Å². The van der Waals surface area contributed by atoms with E-state index in [2.05, 4.69) is 86.3 Å². The largest absolute Gasteiger partial charge is 0.383 e. The molecular weight excluding hydrogens is 586 g/mol. The summed E-state index contributed by atoms with van der Waals surface area (Å²) in [5, 5.41) is 8.21. The van der Waals surface area contributed by atoms with Crippen LogP contribution in [0.2, 0.25) is 0 Å². The number of rotatable bonds is 5. The van der Waals surface area contributed by atoms with Crippen molar-refractivity contribution >= 4 is 49.1 Å². The van der Waals surface area contributed by atoms with Gasteiger partial charge < -0.3 is 5.73 Å². The minimum absolute atomic E-state index is 0.115. The molecule has 4 aromatic carbocycles. The lowest BCUT2D eigenvalue weighted by molar-refractivity contribution is 1.39. The number of hydrogen-bond donors (Lipinski definition) is 2. The van der Waals surface area contributed by atoms with Gasteiger partial charge in [-0.1, -0.05) is 129 Å². The van der Waals surface area contributed by atoms with Crippen molar-refractivity contribution < 1.29 is 0 Å². The molecule has 0 bridgehead atoms. The Morgan fingerprint density at radius 1 is 0.703 bits per heavy atom. The van der Waals surface area contributed by atoms with E-state index < -0.39 is 0 Å². The maximum atomic E-state index is 8.21. The molecule has 0 spiro atoms. The van der Waals surface area contributed by atoms with Crippen LogP contribution in [0.4, 0.5) is 0 Å². The Morgan fingerprint density at radius 2 is 1.27 bits per heavy atom. The average molecular weight is 615 g/mol. The first-order valence-electron chi connectivity index (χ1n) is 11.8. The van der Waals surface area contributed by atoms with Crippen molar-refractivity contribution in [3.05, 3.63) is 147 Å². The fraction of sp³-hybridized carbons (Fsp3) is 0.0625. The molecule has 0 fully saturated rings. The highest BCUT2D eigenvalue weighted by Gasteiger charge is 2.07. The van der Waals surface area contributed by atoms with Crippen LogP contribution in [0.25, 0.3) is 16.7 Å². The number of allylic oxidation sites excluding steroid dienone is 4. The fourth-order valence-electron chi connectivity index (χ4n) is 3.60. The van der Waals surface area contributed by atoms with Crippen molar-refractivity contribution in [2.24, 2.45) is 10.7 Å². The van der Waals surface area contributed by atoms with Crippen LogP contribution in [0.3, 0.4) is 0 Å². The Morgan fingerprint density at radius 3 is 1.86 bits per heavy atom. The molecule has 0 aliphatic carbocycles. The van der Waals surface area contributed by atoms with Crippen LogP contribution in [0.5, 0.6) is 0 Å². The summed E-state index contributed by atoms with van der Waals surface area (Å²) >= 11 is 6.84. The van der Waals surface area contributed by atoms with Crippen molar-refractivity contribution in [3.8, 4) is 11.1 Å². The van der Waals surface area contributed by atoms with Gasteiger partial charge in [0, 0.05) is 20.1 Å². The predicted octanol–water partition coefficient (Wildman–Crippen LogP) is 9.28. The quantitative estimate of drug-likeness (QED) is 0.131. The molecule has 0 atom stereocenters. The summed E-state index contributed by atoms with van der Waals surface area (Å²) in [5.41, 5.74) is 12.3. The topological polar surface area (TPSA) is 62.2 Å². The Labute approximate surface area is 236 Å². The third-order valence-corrected chi connectivity index (χ3v) is 6.31. The molecule has 0 aliphatic rings. The molecule has 0 saturated carbocycles. The molecule has 0 aromatic heterocycles. The number of benzene rings is 4. The zero-order valence-electron chi connectivity index (χ0n) is 20.8. The normalized spacial score (nSPS) is 11.7. The summed E-state index contributed by atoms with van der Waals surface area (Å²) in [6.45, 7) is 4.09. The van der Waals surface area contributed by atoms with Crippen LogP contribution >= 0.6 is 31.9 Å². The van der Waals surface area contributed by atoms with E-state index in [9.17, 15) is 0 Å². The molecule has 0 saturated heterocycles. The monoisotopic (exact) mass is 613 g/mol. The highest BCUT2D eigenvalue weighted by Crippen LogP contribution is 2.22. The molecule has 186 valence electrons. The number of hydrogen-bond acceptors (Lipinski definition) is 1. The Balaban J connectivity index is 0.000000266. The highest BCUT2D eigenvalue weighted by atomic mass is 79.9. The number of nitrogens with two attached hydrogens (primary N) is 1. The van der Waals surface area contributed by atoms with Crippen LogP contribution in [-0.2, 0) is 0 Å². The van der Waals surface area contributed by atoms with Gasteiger partial charge in [0.1, 0.15) is 5.84 Å². The summed E-state index contributed by atoms with van der Waals surface area (Å²) in [7, 11) is 0. The van der Waals surface area contributed by atoms with Gasteiger partial charge in [0.25, 0.3) is 0 Å². The van der Waals surface area contributed by atoms with Gasteiger partial charge in [-0.3, -0.25) is 5.41 Å². The maximum absolute atomic E-state index is 8.21. The van der Waals surface area contributed by atoms with E-state index in [-0.39, 0.29) is 5.84 Å². The first kappa shape index (κ1) is 28.0. The van der Waals surface area contributed by atoms with E-state index in [0.717, 1.165) is 25.6 Å². The fourth-order valence-corrected chi connectivity index (χ4v) is 4.89. The molecule has 0 heterocycles. The van der Waals surface area contributed by atoms with E-state index in [1.165, 1.54) is 11.1 Å². The van der Waals surface area contributed by atoms with Gasteiger partial charge in [0.05, 0.1) is 0 Å². The molecular formula is C32H29Br2N3. The van der Waals surface area contributed by atoms with Crippen molar-refractivity contribution in [3.63, 3.8) is 0 Å². The predicted molar refractivity (Wildman–Crippen MR) is 166 cm³/mol. The summed E-state index contributed by atoms with van der Waals surface area (Å²) in [4.78, 5) is 4.27. The van der Waals surface area contributed by atoms with E-state index in [4.69, 9.17) is 11.1 Å². The number of aliphatic imine (C=N–C) groups is 1. The highest BCUT2D eigenvalue weighted by molar-refractivity contribution is 9.11. The maximum Gasteiger partial charge on any atom is 0.154 e. The first-order valence-corrected chi connectivity index (χ1v) is 13.4. The lowest BCUT2D eigenvalue weighted by atomic mass is 10.0. The smallest absolute Gasteiger partial charge is 0.154 e. The first-order chi connectivity index (χ1) is 17.9. The summed E-state index contributed by atoms with van der Waals surface area (Å²) in [5.74, 6) is 0.434. The zero-order valence-corrected chi connectivity index (χ0v) is 24.0. The third kappa shape index (κ3) is 8.52. The molecule has 0 aliphatic heterocycles. The molecule has 0 amide bonds. The molecule has 0 radical (unpaired) electrons. The molecule has 0 unspecified atom stereocenters. The van der Waals surface area contributed by atoms with Crippen LogP contribution < -0.4 is 5.73 Å². The second-order valence-electron chi connectivity index (χ2n) is 8.06. The molecule has 3 N–H and O–H groups in total. The van der Waals surface area contributed by atoms with E-state index >= 15 is 0 Å². The van der Waals surface area contributed by atoms with Gasteiger partial charge in [0.2, 0.25) is 0 Å². The molecule has 4 aromatic rings. The molecule has 3 nitrogen and oxygen atoms in total. The SMILES string of the molecule is C/C=C\C(=C/C)c1ccccc1.N=C(N=C(N)c1cccc(-c2ccccc2)c1)c1cc(Br)cc(Br)c1. The molecule has 4 rings (SSSR count). The van der Waals surface area contributed by atoms with Gasteiger partial charge >= 0.3 is 0 Å². The van der Waals surface area contributed by atoms with Crippen molar-refractivity contribution in [2.75, 3.05) is 0 Å². The molecule has 5 heteroatoms. The Bertz CT molecular complexity index is 1400.